The highest BCUT2D eigenvalue weighted by atomic mass is 35.5. The number of amides is 9. The van der Waals surface area contributed by atoms with Crippen molar-refractivity contribution in [1.82, 2.24) is 62.9 Å². The number of nitrogens with one attached hydrogen (secondary N) is 11. The second-order valence-corrected chi connectivity index (χ2v) is 32.9. The van der Waals surface area contributed by atoms with E-state index < -0.39 is 254 Å². The number of rotatable bonds is 23. The van der Waals surface area contributed by atoms with Crippen LogP contribution in [0.5, 0.6) is 46.0 Å². The zero-order valence-corrected chi connectivity index (χ0v) is 71.2. The number of aliphatic hydroxyl groups excluding tert-OH is 6. The maximum absolute atomic E-state index is 16.3. The molecule has 6 aromatic carbocycles. The molecule has 1 unspecified atom stereocenters. The predicted molar refractivity (Wildman–Crippen MR) is 449 cm³/mol. The van der Waals surface area contributed by atoms with E-state index in [0.717, 1.165) is 66.7 Å². The van der Waals surface area contributed by atoms with Crippen molar-refractivity contribution in [2.24, 2.45) is 11.7 Å². The van der Waals surface area contributed by atoms with Gasteiger partial charge >= 0.3 is 5.69 Å². The number of aromatic nitrogens is 2. The van der Waals surface area contributed by atoms with Crippen LogP contribution in [0.1, 0.15) is 117 Å². The highest BCUT2D eigenvalue weighted by Crippen LogP contribution is 2.50. The molecule has 2 fully saturated rings. The molecule has 127 heavy (non-hydrogen) atoms. The van der Waals surface area contributed by atoms with Gasteiger partial charge in [0.2, 0.25) is 59.3 Å². The van der Waals surface area contributed by atoms with Crippen LogP contribution in [0.2, 0.25) is 20.1 Å². The van der Waals surface area contributed by atoms with Crippen LogP contribution in [-0.2, 0) is 70.3 Å². The molecule has 44 heteroatoms. The number of nitriles is 1. The Bertz CT molecular complexity index is 5500. The molecular formula is C83H91Cl4N15O25. The third-order valence-corrected chi connectivity index (χ3v) is 23.0. The topological polar surface area (TPSA) is 608 Å². The number of primary amides is 1. The van der Waals surface area contributed by atoms with Crippen LogP contribution < -0.4 is 84.3 Å². The van der Waals surface area contributed by atoms with E-state index in [0.29, 0.717) is 5.56 Å². The molecule has 1 aromatic heterocycles. The van der Waals surface area contributed by atoms with Gasteiger partial charge in [0.25, 0.3) is 5.91 Å². The Morgan fingerprint density at radius 2 is 1.38 bits per heavy atom. The molecule has 7 aromatic rings. The first-order valence-electron chi connectivity index (χ1n) is 39.7. The van der Waals surface area contributed by atoms with Gasteiger partial charge in [-0.15, -0.1) is 0 Å². The van der Waals surface area contributed by atoms with Crippen molar-refractivity contribution in [1.29, 1.82) is 5.26 Å². The summed E-state index contributed by atoms with van der Waals surface area (Å²) >= 11 is 26.5. The van der Waals surface area contributed by atoms with E-state index in [1.807, 2.05) is 19.9 Å². The summed E-state index contributed by atoms with van der Waals surface area (Å²) in [5.41, 5.74) is 6.26. The number of hydrogen-bond acceptors (Lipinski definition) is 30. The number of nitrogens with two attached hydrogens (primary N) is 1. The molecule has 14 rings (SSSR count). The van der Waals surface area contributed by atoms with Gasteiger partial charge in [0.1, 0.15) is 101 Å². The van der Waals surface area contributed by atoms with Gasteiger partial charge in [0.05, 0.1) is 63.9 Å². The molecule has 0 radical (unpaired) electrons. The van der Waals surface area contributed by atoms with Crippen LogP contribution in [-0.4, -0.2) is 214 Å². The van der Waals surface area contributed by atoms with Gasteiger partial charge in [-0.25, -0.2) is 10.2 Å². The lowest BCUT2D eigenvalue weighted by Crippen LogP contribution is -2.65. The fourth-order valence-electron chi connectivity index (χ4n) is 15.1. The normalized spacial score (nSPS) is 25.6. The van der Waals surface area contributed by atoms with Gasteiger partial charge < -0.3 is 128 Å². The van der Waals surface area contributed by atoms with Crippen LogP contribution in [0.3, 0.4) is 0 Å². The molecule has 22 N–H and O–H groups in total. The van der Waals surface area contributed by atoms with Crippen LogP contribution in [0, 0.1) is 17.2 Å². The smallest absolute Gasteiger partial charge is 0.349 e. The maximum Gasteiger partial charge on any atom is 0.349 e. The van der Waals surface area contributed by atoms with E-state index in [1.54, 1.807) is 13.0 Å². The predicted octanol–water partition coefficient (Wildman–Crippen LogP) is 1.93. The molecule has 0 spiro atoms. The lowest BCUT2D eigenvalue weighted by Gasteiger charge is -2.48. The number of anilines is 1. The van der Waals surface area contributed by atoms with Crippen molar-refractivity contribution in [3.8, 4) is 63.2 Å². The van der Waals surface area contributed by atoms with Gasteiger partial charge in [-0.1, -0.05) is 84.5 Å². The highest BCUT2D eigenvalue weighted by Gasteiger charge is 2.52. The Morgan fingerprint density at radius 1 is 0.717 bits per heavy atom. The summed E-state index contributed by atoms with van der Waals surface area (Å²) in [4.78, 5) is 151. The first kappa shape index (κ1) is 94.5. The molecule has 2 saturated heterocycles. The van der Waals surface area contributed by atoms with Crippen molar-refractivity contribution in [2.45, 2.75) is 176 Å². The number of phenolic OH excluding ortho intramolecular Hbond substituents is 3. The summed E-state index contributed by atoms with van der Waals surface area (Å²) < 4.78 is 40.6. The largest absolute Gasteiger partial charge is 0.508 e. The zero-order chi connectivity index (χ0) is 91.9. The number of fused-ring (bicyclic) bond motifs is 15. The van der Waals surface area contributed by atoms with Crippen LogP contribution >= 0.6 is 46.4 Å². The number of benzene rings is 6. The molecule has 676 valence electrons. The average molecular weight is 1840 g/mol. The summed E-state index contributed by atoms with van der Waals surface area (Å²) in [5, 5.41) is 139. The lowest BCUT2D eigenvalue weighted by atomic mass is 9.85. The summed E-state index contributed by atoms with van der Waals surface area (Å²) in [6.45, 7) is 5.39. The van der Waals surface area contributed by atoms with Gasteiger partial charge in [0.15, 0.2) is 23.9 Å². The van der Waals surface area contributed by atoms with Gasteiger partial charge in [-0.3, -0.25) is 53.1 Å². The minimum atomic E-state index is -2.40. The molecule has 0 saturated carbocycles. The minimum absolute atomic E-state index is 0.0442. The molecule has 0 aliphatic carbocycles. The minimum Gasteiger partial charge on any atom is -0.508 e. The molecule has 11 bridgehead atoms. The number of halogens is 4. The van der Waals surface area contributed by atoms with Gasteiger partial charge in [0, 0.05) is 61.4 Å². The Hall–Kier alpha value is -11.6. The Kier molecular flexibility index (Phi) is 30.2. The van der Waals surface area contributed by atoms with Crippen LogP contribution in [0.15, 0.2) is 114 Å². The van der Waals surface area contributed by atoms with Crippen molar-refractivity contribution < 1.29 is 118 Å². The zero-order valence-electron chi connectivity index (χ0n) is 68.1. The molecule has 8 heterocycles. The van der Waals surface area contributed by atoms with Crippen LogP contribution in [0.25, 0.3) is 11.1 Å². The second-order valence-electron chi connectivity index (χ2n) is 31.3. The molecular weight excluding hydrogens is 1750 g/mol. The Balaban J connectivity index is 0.998. The fraction of sp³-hybridized carbons (Fsp3) is 0.398. The van der Waals surface area contributed by atoms with E-state index in [4.69, 9.17) is 80.6 Å². The summed E-state index contributed by atoms with van der Waals surface area (Å²) in [6.07, 6.45) is -18.5. The quantitative estimate of drug-likeness (QED) is 0.0321. The van der Waals surface area contributed by atoms with E-state index in [1.165, 1.54) is 55.1 Å². The van der Waals surface area contributed by atoms with Crippen molar-refractivity contribution in [2.75, 3.05) is 32.1 Å². The number of aliphatic hydroxyl groups is 6. The number of ether oxygens (including phenoxy) is 6. The van der Waals surface area contributed by atoms with Crippen LogP contribution in [0.4, 0.5) is 5.82 Å². The first-order chi connectivity index (χ1) is 60.3. The van der Waals surface area contributed by atoms with E-state index >= 15 is 24.0 Å². The Morgan fingerprint density at radius 3 is 2.02 bits per heavy atom. The average Bonchev–Trinajstić information content (AvgIpc) is 0.766. The highest BCUT2D eigenvalue weighted by molar-refractivity contribution is 6.42. The maximum atomic E-state index is 16.3. The first-order valence-corrected chi connectivity index (χ1v) is 41.3. The van der Waals surface area contributed by atoms with E-state index in [9.17, 15) is 75.2 Å². The van der Waals surface area contributed by atoms with Crippen molar-refractivity contribution in [3.05, 3.63) is 173 Å². The SMILES string of the molecule is CN[C@H](CC(C)C)C(=O)N[C@H]1C(=O)N[C@@H](CC(N)=O)C(=O)N[C@H]2C(=O)N[C@H]3C(=O)N[C@H](C(=O)N[C@@H](C(=O)NNCCC#N)c4cc(O)cc(O)c4-c4cc3ccc4O)[C@H](O)c3ccc(c(Cl)c3)Oc3cc2cc(c3OC2O[C@H](CO)[C@@H](O)[C@H](O)[C@H]2O[C@H]2C[C@@](C)(NCCn3ccc(NC(=O)Cc4ccc(Cl)c(Cl)c4)nc3=O)[C@H](O)[C@H](C)O2)Oc2ccc(cc2Cl)[C@H]1O. The third-order valence-electron chi connectivity index (χ3n) is 21.7. The van der Waals surface area contributed by atoms with Gasteiger partial charge in [-0.2, -0.15) is 10.2 Å². The summed E-state index contributed by atoms with van der Waals surface area (Å²) in [6, 6.07) is 7.33. The number of phenols is 3. The fourth-order valence-corrected chi connectivity index (χ4v) is 15.9. The molecule has 7 aliphatic heterocycles. The number of likely N-dealkylation sites (N-methyl/N-ethyl adjacent to an activating group) is 1. The number of hydrogen-bond donors (Lipinski definition) is 21. The lowest BCUT2D eigenvalue weighted by molar-refractivity contribution is -0.334. The summed E-state index contributed by atoms with van der Waals surface area (Å²) in [7, 11) is 1.46. The van der Waals surface area contributed by atoms with Crippen molar-refractivity contribution >= 4 is 105 Å². The molecule has 7 aliphatic rings. The number of nitrogens with zero attached hydrogens (tertiary/aromatic N) is 3. The Labute approximate surface area is 742 Å². The number of aromatic hydroxyl groups is 3. The van der Waals surface area contributed by atoms with E-state index in [2.05, 4.69) is 63.7 Å². The monoisotopic (exact) mass is 1840 g/mol. The summed E-state index contributed by atoms with van der Waals surface area (Å²) in [5.74, 6) is -16.2. The van der Waals surface area contributed by atoms with Crippen molar-refractivity contribution in [3.63, 3.8) is 0 Å². The standard InChI is InChI=1S/C83H91Cl4N15O25/c1-34(2)21-48(90-5)74(114)99-65-67(109)38-9-13-52(46(86)25-38)123-54-27-40-28-55(71(54)127-81-72(70(112)69(111)56(33-103)125-81)126-60-32-83(4,73(113)35(3)122-60)91-18-20-102-19-15-58(95-82(102)121)94-59(108)23-36-7-11-44(84)45(85)22-36)124-53-14-10-39(26-47(53)87)68(110)66-79(119)98-64(80(120)101-92-17-6-16-88)43-29-41(104)30-51(106)61(43)42-24-37(8-12-50(42)105)62(76(116)100-66)97-77(117)63(40)96-75(115)49(31-57(89)107)93-78(65)118/h7-15,19,22,24-30,34-35,48-49,56,60,62-70,72-73,81,90-92,103-106,109-113H,6,17-18,20-21,23,31-33H2,1-5H3,(H2,89,107)(H,93,118)(H,96,115)(H,97,117)(H,98,119)(H,99,114)(H,100,116)(H,101,120)(H,94,95,108,121)/t35-,48+,49-,56+,60-,62+,63+,64+,65+,66-,67+,68+,69+,70-,72+,73+,81?,83+/m0/s1. The molecule has 9 amide bonds. The molecule has 18 atom stereocenters. The van der Waals surface area contributed by atoms with E-state index in [-0.39, 0.29) is 89.5 Å². The number of hydrazine groups is 1. The molecule has 40 nitrogen and oxygen atoms in total. The van der Waals surface area contributed by atoms with Gasteiger partial charge in [-0.05, 0) is 139 Å². The number of carbonyl (C=O) groups excluding carboxylic acids is 9. The third kappa shape index (κ3) is 21.8. The number of carbonyl (C=O) groups is 9. The second kappa shape index (κ2) is 40.6.